The Morgan fingerprint density at radius 1 is 0.839 bits per heavy atom. The smallest absolute Gasteiger partial charge is 0.141 e. The number of rotatable bonds is 5. The number of nitrogens with zero attached hydrogens (tertiary/aromatic N) is 2. The van der Waals surface area contributed by atoms with Crippen molar-refractivity contribution in [2.75, 3.05) is 0 Å². The van der Waals surface area contributed by atoms with E-state index in [4.69, 9.17) is 28.2 Å². The molecule has 0 unspecified atom stereocenters. The summed E-state index contributed by atoms with van der Waals surface area (Å²) in [6.45, 7) is 0.835. The molecule has 0 bridgehead atoms. The summed E-state index contributed by atoms with van der Waals surface area (Å²) in [5.41, 5.74) is 4.58. The minimum atomic E-state index is 0.346. The van der Waals surface area contributed by atoms with Gasteiger partial charge in [-0.3, -0.25) is 0 Å². The Kier molecular flexibility index (Phi) is 5.99. The highest BCUT2D eigenvalue weighted by Gasteiger charge is 2.29. The zero-order chi connectivity index (χ0) is 21.2. The van der Waals surface area contributed by atoms with Gasteiger partial charge in [-0.05, 0) is 66.9 Å². The summed E-state index contributed by atoms with van der Waals surface area (Å²) in [5, 5.41) is 5.35. The van der Waals surface area contributed by atoms with Crippen LogP contribution in [0.15, 0.2) is 72.8 Å². The number of fused-ring (bicyclic) bond motifs is 1. The average molecular weight is 450 g/mol. The van der Waals surface area contributed by atoms with Crippen molar-refractivity contribution in [3.05, 3.63) is 88.4 Å². The van der Waals surface area contributed by atoms with Crippen molar-refractivity contribution in [2.24, 2.45) is 0 Å². The molecule has 4 aromatic rings. The third kappa shape index (κ3) is 4.36. The van der Waals surface area contributed by atoms with Crippen LogP contribution in [0.4, 0.5) is 0 Å². The zero-order valence-electron chi connectivity index (χ0n) is 17.3. The van der Waals surface area contributed by atoms with E-state index in [-0.39, 0.29) is 0 Å². The molecule has 0 aliphatic heterocycles. The highest BCUT2D eigenvalue weighted by atomic mass is 35.5. The van der Waals surface area contributed by atoms with E-state index < -0.39 is 0 Å². The van der Waals surface area contributed by atoms with E-state index in [1.165, 1.54) is 23.9 Å². The molecule has 1 heterocycles. The number of halogens is 2. The molecule has 1 aromatic heterocycles. The summed E-state index contributed by atoms with van der Waals surface area (Å²) in [4.78, 5) is 5.03. The number of nitrogens with one attached hydrogen (secondary N) is 1. The summed E-state index contributed by atoms with van der Waals surface area (Å²) >= 11 is 12.2. The molecule has 0 amide bonds. The molecule has 3 aromatic carbocycles. The van der Waals surface area contributed by atoms with Crippen LogP contribution in [-0.4, -0.2) is 15.6 Å². The lowest BCUT2D eigenvalue weighted by atomic mass is 9.89. The van der Waals surface area contributed by atoms with E-state index in [1.807, 2.05) is 24.3 Å². The van der Waals surface area contributed by atoms with Crippen LogP contribution < -0.4 is 5.32 Å². The van der Waals surface area contributed by atoms with Crippen molar-refractivity contribution in [3.8, 4) is 11.4 Å². The van der Waals surface area contributed by atoms with Gasteiger partial charge < -0.3 is 9.88 Å². The first-order valence-electron chi connectivity index (χ1n) is 10.9. The van der Waals surface area contributed by atoms with Gasteiger partial charge in [-0.25, -0.2) is 4.98 Å². The van der Waals surface area contributed by atoms with Gasteiger partial charge in [0.1, 0.15) is 5.82 Å². The van der Waals surface area contributed by atoms with Crippen molar-refractivity contribution in [3.63, 3.8) is 0 Å². The summed E-state index contributed by atoms with van der Waals surface area (Å²) in [5.74, 6) is 1.02. The standard InChI is InChI=1S/C26H25Cl2N3/c27-20-13-9-18(10-14-20)17-29-22-5-1-3-7-24(22)31-25-8-4-2-6-23(25)30-26(31)19-11-15-21(28)16-12-19/h2,4,6,8-16,22,24,29H,1,3,5,7,17H2/t22-,24-/m1/s1. The average Bonchev–Trinajstić information content (AvgIpc) is 3.19. The minimum absolute atomic E-state index is 0.346. The SMILES string of the molecule is Clc1ccc(CN[C@@H]2CCCC[C@H]2n2c(-c3ccc(Cl)cc3)nc3ccccc32)cc1. The summed E-state index contributed by atoms with van der Waals surface area (Å²) in [6.07, 6.45) is 4.78. The van der Waals surface area contributed by atoms with Gasteiger partial charge in [0.15, 0.2) is 0 Å². The molecule has 3 nitrogen and oxygen atoms in total. The van der Waals surface area contributed by atoms with Gasteiger partial charge in [-0.1, -0.05) is 60.3 Å². The van der Waals surface area contributed by atoms with Gasteiger partial charge in [0.25, 0.3) is 0 Å². The van der Waals surface area contributed by atoms with Gasteiger partial charge in [0, 0.05) is 28.2 Å². The van der Waals surface area contributed by atoms with Crippen molar-refractivity contribution >= 4 is 34.2 Å². The highest BCUT2D eigenvalue weighted by molar-refractivity contribution is 6.30. The number of benzene rings is 3. The lowest BCUT2D eigenvalue weighted by molar-refractivity contribution is 0.267. The second-order valence-corrected chi connectivity index (χ2v) is 9.14. The fraction of sp³-hybridized carbons (Fsp3) is 0.269. The molecule has 1 aliphatic carbocycles. The molecule has 2 atom stereocenters. The largest absolute Gasteiger partial charge is 0.319 e. The van der Waals surface area contributed by atoms with Crippen LogP contribution in [0.3, 0.4) is 0 Å². The normalized spacial score (nSPS) is 19.0. The monoisotopic (exact) mass is 449 g/mol. The highest BCUT2D eigenvalue weighted by Crippen LogP contribution is 2.36. The maximum atomic E-state index is 6.15. The number of hydrogen-bond donors (Lipinski definition) is 1. The third-order valence-corrected chi connectivity index (χ3v) is 6.74. The Hall–Kier alpha value is -2.33. The molecule has 0 radical (unpaired) electrons. The van der Waals surface area contributed by atoms with Gasteiger partial charge in [0.2, 0.25) is 0 Å². The Morgan fingerprint density at radius 2 is 1.52 bits per heavy atom. The Balaban J connectivity index is 1.51. The van der Waals surface area contributed by atoms with Crippen LogP contribution in [0.25, 0.3) is 22.4 Å². The van der Waals surface area contributed by atoms with Crippen molar-refractivity contribution in [2.45, 2.75) is 44.3 Å². The van der Waals surface area contributed by atoms with Crippen LogP contribution >= 0.6 is 23.2 Å². The molecule has 1 N–H and O–H groups in total. The van der Waals surface area contributed by atoms with Crippen molar-refractivity contribution < 1.29 is 0 Å². The minimum Gasteiger partial charge on any atom is -0.319 e. The first kappa shape index (κ1) is 20.6. The van der Waals surface area contributed by atoms with Crippen molar-refractivity contribution in [1.29, 1.82) is 0 Å². The van der Waals surface area contributed by atoms with Crippen LogP contribution in [-0.2, 0) is 6.54 Å². The number of hydrogen-bond acceptors (Lipinski definition) is 2. The van der Waals surface area contributed by atoms with Crippen LogP contribution in [0.2, 0.25) is 10.0 Å². The molecular formula is C26H25Cl2N3. The lowest BCUT2D eigenvalue weighted by Crippen LogP contribution is -2.39. The molecule has 1 saturated carbocycles. The van der Waals surface area contributed by atoms with Crippen LogP contribution in [0, 0.1) is 0 Å². The third-order valence-electron chi connectivity index (χ3n) is 6.24. The van der Waals surface area contributed by atoms with E-state index in [9.17, 15) is 0 Å². The molecule has 0 spiro atoms. The second-order valence-electron chi connectivity index (χ2n) is 8.27. The Labute approximate surface area is 193 Å². The molecule has 0 saturated heterocycles. The van der Waals surface area contributed by atoms with E-state index in [0.717, 1.165) is 46.3 Å². The predicted octanol–water partition coefficient (Wildman–Crippen LogP) is 7.28. The van der Waals surface area contributed by atoms with E-state index in [0.29, 0.717) is 12.1 Å². The molecule has 31 heavy (non-hydrogen) atoms. The van der Waals surface area contributed by atoms with Crippen LogP contribution in [0.1, 0.15) is 37.3 Å². The summed E-state index contributed by atoms with van der Waals surface area (Å²) in [7, 11) is 0. The van der Waals surface area contributed by atoms with E-state index in [2.05, 4.69) is 58.4 Å². The Bertz CT molecular complexity index is 1170. The van der Waals surface area contributed by atoms with Gasteiger partial charge in [-0.2, -0.15) is 0 Å². The molecule has 5 heteroatoms. The first-order valence-corrected chi connectivity index (χ1v) is 11.7. The first-order chi connectivity index (χ1) is 15.2. The summed E-state index contributed by atoms with van der Waals surface area (Å²) in [6, 6.07) is 25.3. The quantitative estimate of drug-likeness (QED) is 0.346. The molecule has 1 fully saturated rings. The summed E-state index contributed by atoms with van der Waals surface area (Å²) < 4.78 is 2.46. The predicted molar refractivity (Wildman–Crippen MR) is 130 cm³/mol. The van der Waals surface area contributed by atoms with Gasteiger partial charge in [-0.15, -0.1) is 0 Å². The Morgan fingerprint density at radius 3 is 2.29 bits per heavy atom. The number of imidazole rings is 1. The fourth-order valence-corrected chi connectivity index (χ4v) is 4.94. The maximum absolute atomic E-state index is 6.15. The van der Waals surface area contributed by atoms with Crippen molar-refractivity contribution in [1.82, 2.24) is 14.9 Å². The topological polar surface area (TPSA) is 29.9 Å². The zero-order valence-corrected chi connectivity index (χ0v) is 18.8. The number of para-hydroxylation sites is 2. The molecule has 1 aliphatic rings. The molecular weight excluding hydrogens is 425 g/mol. The van der Waals surface area contributed by atoms with E-state index >= 15 is 0 Å². The van der Waals surface area contributed by atoms with Gasteiger partial charge in [0.05, 0.1) is 17.1 Å². The fourth-order valence-electron chi connectivity index (χ4n) is 4.69. The second kappa shape index (κ2) is 9.04. The van der Waals surface area contributed by atoms with Gasteiger partial charge >= 0.3 is 0 Å². The lowest BCUT2D eigenvalue weighted by Gasteiger charge is -2.35. The van der Waals surface area contributed by atoms with Crippen LogP contribution in [0.5, 0.6) is 0 Å². The number of aromatic nitrogens is 2. The molecule has 158 valence electrons. The maximum Gasteiger partial charge on any atom is 0.141 e. The molecule has 5 rings (SSSR count). The van der Waals surface area contributed by atoms with E-state index in [1.54, 1.807) is 0 Å².